The second-order valence-electron chi connectivity index (χ2n) is 6.57. The lowest BCUT2D eigenvalue weighted by molar-refractivity contribution is 0.321. The Bertz CT molecular complexity index is 1050. The van der Waals surface area contributed by atoms with Crippen LogP contribution in [0.15, 0.2) is 54.0 Å². The van der Waals surface area contributed by atoms with E-state index in [1.807, 2.05) is 12.3 Å². The predicted molar refractivity (Wildman–Crippen MR) is 106 cm³/mol. The smallest absolute Gasteiger partial charge is 0.124 e. The molecule has 4 aromatic rings. The zero-order chi connectivity index (χ0) is 17.6. The highest BCUT2D eigenvalue weighted by atomic mass is 32.1. The molecule has 126 valence electrons. The minimum atomic E-state index is 0.293. The van der Waals surface area contributed by atoms with E-state index < -0.39 is 0 Å². The third-order valence-electron chi connectivity index (χ3n) is 4.90. The van der Waals surface area contributed by atoms with Crippen LogP contribution in [0.3, 0.4) is 0 Å². The number of benzene rings is 2. The fraction of sp³-hybridized carbons (Fsp3) is 0.190. The van der Waals surface area contributed by atoms with Gasteiger partial charge in [-0.2, -0.15) is 0 Å². The minimum Gasteiger partial charge on any atom is -0.507 e. The summed E-state index contributed by atoms with van der Waals surface area (Å²) >= 11 is 1.67. The molecule has 2 aromatic carbocycles. The van der Waals surface area contributed by atoms with Crippen molar-refractivity contribution in [1.82, 2.24) is 9.88 Å². The average molecular weight is 348 g/mol. The molecule has 0 saturated heterocycles. The van der Waals surface area contributed by atoms with Gasteiger partial charge in [-0.1, -0.05) is 24.3 Å². The van der Waals surface area contributed by atoms with E-state index in [1.165, 1.54) is 5.56 Å². The van der Waals surface area contributed by atoms with Crippen molar-refractivity contribution in [3.63, 3.8) is 0 Å². The van der Waals surface area contributed by atoms with Crippen LogP contribution in [-0.2, 0) is 0 Å². The third kappa shape index (κ3) is 2.68. The van der Waals surface area contributed by atoms with Crippen molar-refractivity contribution < 1.29 is 5.11 Å². The molecule has 0 bridgehead atoms. The molecule has 1 atom stereocenters. The van der Waals surface area contributed by atoms with E-state index in [9.17, 15) is 5.11 Å². The lowest BCUT2D eigenvalue weighted by Crippen LogP contribution is -2.16. The van der Waals surface area contributed by atoms with Gasteiger partial charge in [-0.05, 0) is 55.7 Å². The molecular formula is C21H20N2OS. The summed E-state index contributed by atoms with van der Waals surface area (Å²) in [6, 6.07) is 14.5. The molecule has 2 aromatic heterocycles. The third-order valence-corrected chi connectivity index (χ3v) is 5.75. The van der Waals surface area contributed by atoms with Gasteiger partial charge in [-0.25, -0.2) is 0 Å². The fourth-order valence-corrected chi connectivity index (χ4v) is 4.00. The van der Waals surface area contributed by atoms with Crippen LogP contribution in [0.25, 0.3) is 32.1 Å². The number of nitrogens with zero attached hydrogens (tertiary/aromatic N) is 2. The molecule has 0 aliphatic carbocycles. The quantitative estimate of drug-likeness (QED) is 0.535. The van der Waals surface area contributed by atoms with Crippen molar-refractivity contribution in [2.24, 2.45) is 0 Å². The Labute approximate surface area is 151 Å². The van der Waals surface area contributed by atoms with E-state index in [2.05, 4.69) is 66.6 Å². The van der Waals surface area contributed by atoms with Crippen molar-refractivity contribution >= 4 is 32.3 Å². The van der Waals surface area contributed by atoms with Gasteiger partial charge in [0.2, 0.25) is 0 Å². The van der Waals surface area contributed by atoms with Gasteiger partial charge in [-0.15, -0.1) is 11.3 Å². The van der Waals surface area contributed by atoms with Gasteiger partial charge in [0.25, 0.3) is 0 Å². The van der Waals surface area contributed by atoms with E-state index in [4.69, 9.17) is 0 Å². The number of aromatic hydroxyl groups is 1. The van der Waals surface area contributed by atoms with Crippen LogP contribution in [-0.4, -0.2) is 29.1 Å². The van der Waals surface area contributed by atoms with Gasteiger partial charge in [0.1, 0.15) is 5.75 Å². The molecule has 3 nitrogen and oxygen atoms in total. The number of hydrogen-bond acceptors (Lipinski definition) is 4. The van der Waals surface area contributed by atoms with E-state index in [0.717, 1.165) is 32.1 Å². The maximum atomic E-state index is 10.6. The van der Waals surface area contributed by atoms with Crippen LogP contribution in [0.2, 0.25) is 0 Å². The van der Waals surface area contributed by atoms with Crippen LogP contribution in [0.5, 0.6) is 5.75 Å². The van der Waals surface area contributed by atoms with E-state index in [1.54, 1.807) is 17.4 Å². The molecule has 4 heteroatoms. The Morgan fingerprint density at radius 3 is 2.52 bits per heavy atom. The highest BCUT2D eigenvalue weighted by Crippen LogP contribution is 2.40. The van der Waals surface area contributed by atoms with Gasteiger partial charge in [0.05, 0.1) is 10.2 Å². The summed E-state index contributed by atoms with van der Waals surface area (Å²) in [4.78, 5) is 6.75. The standard InChI is InChI=1S/C21H20N2OS/c1-13(23(2)3)14-4-6-15(7-5-14)20-18(24)9-8-17-21(20)16-10-11-25-19(16)12-22-17/h4-13,24H,1-3H3. The molecule has 0 aliphatic rings. The monoisotopic (exact) mass is 348 g/mol. The number of pyridine rings is 1. The van der Waals surface area contributed by atoms with E-state index >= 15 is 0 Å². The van der Waals surface area contributed by atoms with E-state index in [-0.39, 0.29) is 0 Å². The first-order valence-electron chi connectivity index (χ1n) is 8.31. The van der Waals surface area contributed by atoms with Gasteiger partial charge in [0, 0.05) is 28.6 Å². The normalized spacial score (nSPS) is 13.0. The lowest BCUT2D eigenvalue weighted by atomic mass is 9.95. The maximum Gasteiger partial charge on any atom is 0.124 e. The van der Waals surface area contributed by atoms with Crippen LogP contribution < -0.4 is 0 Å². The first-order chi connectivity index (χ1) is 12.1. The zero-order valence-electron chi connectivity index (χ0n) is 14.5. The SMILES string of the molecule is CC(c1ccc(-c2c(O)ccc3ncc4sccc4c23)cc1)N(C)C. The fourth-order valence-electron chi connectivity index (χ4n) is 3.24. The van der Waals surface area contributed by atoms with Crippen molar-refractivity contribution in [2.75, 3.05) is 14.1 Å². The second kappa shape index (κ2) is 6.14. The number of fused-ring (bicyclic) bond motifs is 3. The summed E-state index contributed by atoms with van der Waals surface area (Å²) in [5, 5.41) is 14.8. The summed E-state index contributed by atoms with van der Waals surface area (Å²) in [6.07, 6.45) is 1.91. The number of aromatic nitrogens is 1. The highest BCUT2D eigenvalue weighted by molar-refractivity contribution is 7.17. The van der Waals surface area contributed by atoms with Gasteiger partial charge in [-0.3, -0.25) is 4.98 Å². The van der Waals surface area contributed by atoms with E-state index in [0.29, 0.717) is 11.8 Å². The maximum absolute atomic E-state index is 10.6. The van der Waals surface area contributed by atoms with Crippen LogP contribution in [0, 0.1) is 0 Å². The summed E-state index contributed by atoms with van der Waals surface area (Å²) in [5.74, 6) is 0.293. The average Bonchev–Trinajstić information content (AvgIpc) is 3.10. The topological polar surface area (TPSA) is 36.4 Å². The zero-order valence-corrected chi connectivity index (χ0v) is 15.3. The highest BCUT2D eigenvalue weighted by Gasteiger charge is 2.15. The Kier molecular flexibility index (Phi) is 3.94. The van der Waals surface area contributed by atoms with Crippen LogP contribution in [0.1, 0.15) is 18.5 Å². The Morgan fingerprint density at radius 2 is 1.80 bits per heavy atom. The number of phenolic OH excluding ortho intramolecular Hbond substituents is 1. The van der Waals surface area contributed by atoms with Crippen molar-refractivity contribution in [3.05, 3.63) is 59.6 Å². The molecular weight excluding hydrogens is 328 g/mol. The summed E-state index contributed by atoms with van der Waals surface area (Å²) in [5.41, 5.74) is 4.04. The van der Waals surface area contributed by atoms with Crippen molar-refractivity contribution in [1.29, 1.82) is 0 Å². The molecule has 4 rings (SSSR count). The second-order valence-corrected chi connectivity index (χ2v) is 7.52. The molecule has 0 aliphatic heterocycles. The number of thiophene rings is 1. The number of rotatable bonds is 3. The number of hydrogen-bond donors (Lipinski definition) is 1. The van der Waals surface area contributed by atoms with Gasteiger partial charge >= 0.3 is 0 Å². The Morgan fingerprint density at radius 1 is 1.04 bits per heavy atom. The first kappa shape index (κ1) is 16.1. The molecule has 0 saturated carbocycles. The molecule has 2 heterocycles. The molecule has 0 spiro atoms. The van der Waals surface area contributed by atoms with Gasteiger partial charge < -0.3 is 10.0 Å². The molecule has 0 radical (unpaired) electrons. The molecule has 0 amide bonds. The summed E-state index contributed by atoms with van der Waals surface area (Å²) < 4.78 is 1.14. The predicted octanol–water partition coefficient (Wildman–Crippen LogP) is 5.44. The molecule has 1 N–H and O–H groups in total. The summed E-state index contributed by atoms with van der Waals surface area (Å²) in [6.45, 7) is 2.18. The largest absolute Gasteiger partial charge is 0.507 e. The molecule has 1 unspecified atom stereocenters. The van der Waals surface area contributed by atoms with Gasteiger partial charge in [0.15, 0.2) is 0 Å². The first-order valence-corrected chi connectivity index (χ1v) is 9.19. The Hall–Kier alpha value is -2.43. The lowest BCUT2D eigenvalue weighted by Gasteiger charge is -2.20. The minimum absolute atomic E-state index is 0.293. The summed E-state index contributed by atoms with van der Waals surface area (Å²) in [7, 11) is 4.15. The Balaban J connectivity index is 1.94. The molecule has 25 heavy (non-hydrogen) atoms. The van der Waals surface area contributed by atoms with Crippen molar-refractivity contribution in [2.45, 2.75) is 13.0 Å². The number of phenols is 1. The van der Waals surface area contributed by atoms with Crippen LogP contribution in [0.4, 0.5) is 0 Å². The van der Waals surface area contributed by atoms with Crippen molar-refractivity contribution in [3.8, 4) is 16.9 Å². The molecule has 0 fully saturated rings. The van der Waals surface area contributed by atoms with Crippen LogP contribution >= 0.6 is 11.3 Å².